The van der Waals surface area contributed by atoms with E-state index in [9.17, 15) is 74.4 Å². The molecule has 0 aromatic heterocycles. The summed E-state index contributed by atoms with van der Waals surface area (Å²) in [6.45, 7) is 0. The number of hydrogen-bond acceptors (Lipinski definition) is 3. The molecule has 0 radical (unpaired) electrons. The van der Waals surface area contributed by atoms with Crippen LogP contribution in [0.3, 0.4) is 0 Å². The van der Waals surface area contributed by atoms with Crippen molar-refractivity contribution in [2.24, 2.45) is 0 Å². The summed E-state index contributed by atoms with van der Waals surface area (Å²) in [6.07, 6.45) is -10.8. The molecule has 0 N–H and O–H groups in total. The molecule has 0 amide bonds. The van der Waals surface area contributed by atoms with Crippen molar-refractivity contribution in [1.29, 1.82) is 0 Å². The van der Waals surface area contributed by atoms with Gasteiger partial charge in [0, 0.05) is 0 Å². The van der Waals surface area contributed by atoms with Crippen LogP contribution in [0.15, 0.2) is 0 Å². The van der Waals surface area contributed by atoms with Crippen LogP contribution in [-0.2, 0) is 10.1 Å². The molecule has 0 aromatic rings. The first-order valence-electron chi connectivity index (χ1n) is 5.41. The Bertz CT molecular complexity index is 620. The van der Waals surface area contributed by atoms with Crippen LogP contribution in [0.4, 0.5) is 61.5 Å². The molecule has 0 spiro atoms. The molecule has 0 bridgehead atoms. The maximum Gasteiger partial charge on any atom is 1.00 e. The first-order valence-corrected chi connectivity index (χ1v) is 6.88. The van der Waals surface area contributed by atoms with Gasteiger partial charge in [-0.15, -0.1) is 0 Å². The van der Waals surface area contributed by atoms with Crippen molar-refractivity contribution in [2.75, 3.05) is 0 Å². The van der Waals surface area contributed by atoms with Crippen molar-refractivity contribution in [1.82, 2.24) is 0 Å². The maximum atomic E-state index is 13.0. The van der Waals surface area contributed by atoms with Gasteiger partial charge in [-0.05, 0) is 0 Å². The van der Waals surface area contributed by atoms with E-state index in [2.05, 4.69) is 0 Å². The number of alkyl halides is 14. The zero-order chi connectivity index (χ0) is 21.7. The molecule has 3 nitrogen and oxygen atoms in total. The van der Waals surface area contributed by atoms with Crippen LogP contribution >= 0.6 is 0 Å². The van der Waals surface area contributed by atoms with E-state index in [1.807, 2.05) is 0 Å². The molecule has 0 aromatic carbocycles. The first kappa shape index (κ1) is 29.8. The summed E-state index contributed by atoms with van der Waals surface area (Å²) in [4.78, 5) is 0. The molecule has 27 heavy (non-hydrogen) atoms. The maximum absolute atomic E-state index is 13.0. The minimum Gasteiger partial charge on any atom is -0.746 e. The summed E-state index contributed by atoms with van der Waals surface area (Å²) in [5.41, 5.74) is -5.84. The summed E-state index contributed by atoms with van der Waals surface area (Å²) in [5.74, 6) is -39.3. The molecule has 19 heteroatoms. The van der Waals surface area contributed by atoms with Gasteiger partial charge in [0.15, 0.2) is 0 Å². The Hall–Kier alpha value is 0.566. The summed E-state index contributed by atoms with van der Waals surface area (Å²) in [7, 11) is -7.22. The second-order valence-corrected chi connectivity index (χ2v) is 5.91. The third-order valence-electron chi connectivity index (χ3n) is 2.73. The number of halogens is 14. The summed E-state index contributed by atoms with van der Waals surface area (Å²) in [6, 6.07) is 0. The monoisotopic (exact) mass is 484 g/mol. The van der Waals surface area contributed by atoms with Gasteiger partial charge >= 0.3 is 81.0 Å². The minimum atomic E-state index is -8.21. The molecule has 0 rings (SSSR count). The molecule has 0 fully saturated rings. The van der Waals surface area contributed by atoms with Crippen LogP contribution in [0.5, 0.6) is 0 Å². The van der Waals surface area contributed by atoms with Crippen molar-refractivity contribution in [3.05, 3.63) is 0 Å². The first-order chi connectivity index (χ1) is 11.0. The van der Waals surface area contributed by atoms with Crippen molar-refractivity contribution in [3.8, 4) is 0 Å². The molecule has 0 saturated heterocycles. The van der Waals surface area contributed by atoms with Gasteiger partial charge in [-0.25, -0.2) is 26.0 Å². The SMILES string of the molecule is O=S(=O)([O-])C(F)C(F)(F)C(F)(F)C(F)(F)C(F)(F)C(F)(F)C(F)C(F)F.[K+]. The van der Waals surface area contributed by atoms with Crippen molar-refractivity contribution in [3.63, 3.8) is 0 Å². The Morgan fingerprint density at radius 2 is 0.926 bits per heavy atom. The van der Waals surface area contributed by atoms with Crippen LogP contribution < -0.4 is 51.4 Å². The van der Waals surface area contributed by atoms with E-state index in [1.54, 1.807) is 0 Å². The fourth-order valence-corrected chi connectivity index (χ4v) is 1.78. The van der Waals surface area contributed by atoms with E-state index in [1.165, 1.54) is 0 Å². The Morgan fingerprint density at radius 3 is 1.19 bits per heavy atom. The quantitative estimate of drug-likeness (QED) is 0.289. The van der Waals surface area contributed by atoms with Gasteiger partial charge in [0.25, 0.3) is 11.9 Å². The van der Waals surface area contributed by atoms with Crippen LogP contribution in [0.25, 0.3) is 0 Å². The van der Waals surface area contributed by atoms with Crippen LogP contribution in [0.1, 0.15) is 0 Å². The van der Waals surface area contributed by atoms with E-state index >= 15 is 0 Å². The fraction of sp³-hybridized carbons (Fsp3) is 1.00. The summed E-state index contributed by atoms with van der Waals surface area (Å²) >= 11 is 0. The van der Waals surface area contributed by atoms with E-state index in [0.717, 1.165) is 0 Å². The average molecular weight is 484 g/mol. The summed E-state index contributed by atoms with van der Waals surface area (Å²) in [5, 5.41) is 0. The largest absolute Gasteiger partial charge is 1.00 e. The standard InChI is InChI=1S/C8H4F14O3S.K/c9-1(2(10)11)4(13,14)6(17,18)8(21,22)7(19,20)5(15,16)3(12)26(23,24)25;/h1-3H,(H,23,24,25);/q;+1/p-1. The average Bonchev–Trinajstić information content (AvgIpc) is 2.43. The Morgan fingerprint density at radius 1 is 0.630 bits per heavy atom. The van der Waals surface area contributed by atoms with E-state index in [0.29, 0.717) is 0 Å². The minimum absolute atomic E-state index is 0. The third kappa shape index (κ3) is 4.67. The van der Waals surface area contributed by atoms with E-state index < -0.39 is 57.8 Å². The second-order valence-electron chi connectivity index (χ2n) is 4.51. The van der Waals surface area contributed by atoms with Gasteiger partial charge in [-0.1, -0.05) is 0 Å². The van der Waals surface area contributed by atoms with Crippen LogP contribution in [-0.4, -0.2) is 60.7 Å². The topological polar surface area (TPSA) is 57.2 Å². The molecule has 0 saturated carbocycles. The molecular formula is C8H3F14KO3S. The molecule has 0 heterocycles. The predicted octanol–water partition coefficient (Wildman–Crippen LogP) is 0.611. The second kappa shape index (κ2) is 8.36. The van der Waals surface area contributed by atoms with Crippen LogP contribution in [0.2, 0.25) is 0 Å². The number of hydrogen-bond donors (Lipinski definition) is 0. The molecule has 0 aliphatic rings. The smallest absolute Gasteiger partial charge is 0.746 e. The van der Waals surface area contributed by atoms with Gasteiger partial charge < -0.3 is 4.55 Å². The molecule has 0 aliphatic heterocycles. The normalized spacial score (nSPS) is 17.5. The van der Waals surface area contributed by atoms with Gasteiger partial charge in [0.05, 0.1) is 0 Å². The zero-order valence-electron chi connectivity index (χ0n) is 12.2. The number of rotatable bonds is 8. The molecule has 2 atom stereocenters. The van der Waals surface area contributed by atoms with Crippen molar-refractivity contribution in [2.45, 2.75) is 47.7 Å². The predicted molar refractivity (Wildman–Crippen MR) is 50.2 cm³/mol. The third-order valence-corrected chi connectivity index (χ3v) is 3.53. The van der Waals surface area contributed by atoms with Gasteiger partial charge in [0.1, 0.15) is 10.1 Å². The Labute approximate surface area is 182 Å². The van der Waals surface area contributed by atoms with E-state index in [4.69, 9.17) is 0 Å². The zero-order valence-corrected chi connectivity index (χ0v) is 16.1. The van der Waals surface area contributed by atoms with Gasteiger partial charge in [0.2, 0.25) is 6.17 Å². The van der Waals surface area contributed by atoms with Gasteiger partial charge in [-0.2, -0.15) is 43.9 Å². The Kier molecular flexibility index (Phi) is 9.22. The molecule has 2 unspecified atom stereocenters. The summed E-state index contributed by atoms with van der Waals surface area (Å²) < 4.78 is 207. The van der Waals surface area contributed by atoms with Crippen molar-refractivity contribution >= 4 is 10.1 Å². The van der Waals surface area contributed by atoms with Crippen LogP contribution in [0, 0.1) is 0 Å². The fourth-order valence-electron chi connectivity index (χ4n) is 1.27. The molecule has 158 valence electrons. The van der Waals surface area contributed by atoms with Gasteiger partial charge in [-0.3, -0.25) is 0 Å². The van der Waals surface area contributed by atoms with Crippen molar-refractivity contribution < 1.29 is 126 Å². The molecule has 0 aliphatic carbocycles. The Balaban J connectivity index is 0. The molecular weight excluding hydrogens is 481 g/mol. The van der Waals surface area contributed by atoms with E-state index in [-0.39, 0.29) is 51.4 Å².